The molecule has 0 aromatic carbocycles. The summed E-state index contributed by atoms with van der Waals surface area (Å²) in [4.78, 5) is 22.0. The van der Waals surface area contributed by atoms with E-state index < -0.39 is 17.6 Å². The highest BCUT2D eigenvalue weighted by molar-refractivity contribution is 6.03. The second-order valence-corrected chi connectivity index (χ2v) is 6.29. The van der Waals surface area contributed by atoms with Crippen molar-refractivity contribution in [3.8, 4) is 0 Å². The summed E-state index contributed by atoms with van der Waals surface area (Å²) in [5.41, 5.74) is 0.770. The van der Waals surface area contributed by atoms with Gasteiger partial charge in [0.25, 0.3) is 11.8 Å². The number of carbonyl (C=O) groups excluding carboxylic acids is 1. The maximum Gasteiger partial charge on any atom is 0.276 e. The minimum atomic E-state index is -2.65. The fourth-order valence-electron chi connectivity index (χ4n) is 2.93. The molecule has 4 heterocycles. The highest BCUT2D eigenvalue weighted by Crippen LogP contribution is 2.29. The molecule has 0 aliphatic carbocycles. The van der Waals surface area contributed by atoms with Gasteiger partial charge in [0, 0.05) is 32.0 Å². The Kier molecular flexibility index (Phi) is 4.17. The molecule has 27 heavy (non-hydrogen) atoms. The lowest BCUT2D eigenvalue weighted by Crippen LogP contribution is -2.40. The van der Waals surface area contributed by atoms with Crippen LogP contribution in [0.1, 0.15) is 23.3 Å². The van der Waals surface area contributed by atoms with Gasteiger partial charge in [-0.3, -0.25) is 9.78 Å². The summed E-state index contributed by atoms with van der Waals surface area (Å²) in [6, 6.07) is 4.49. The highest BCUT2D eigenvalue weighted by Gasteiger charge is 2.34. The van der Waals surface area contributed by atoms with Gasteiger partial charge in [0.2, 0.25) is 0 Å². The number of nitrogens with one attached hydrogen (secondary N) is 1. The van der Waals surface area contributed by atoms with E-state index in [-0.39, 0.29) is 37.3 Å². The first-order valence-corrected chi connectivity index (χ1v) is 8.31. The van der Waals surface area contributed by atoms with Gasteiger partial charge in [0.15, 0.2) is 11.3 Å². The van der Waals surface area contributed by atoms with Crippen molar-refractivity contribution >= 4 is 23.1 Å². The van der Waals surface area contributed by atoms with E-state index in [0.29, 0.717) is 11.5 Å². The summed E-state index contributed by atoms with van der Waals surface area (Å²) in [7, 11) is 0. The number of rotatable bonds is 3. The molecule has 7 nitrogen and oxygen atoms in total. The number of hydrogen-bond acceptors (Lipinski definition) is 5. The number of imidazole rings is 1. The van der Waals surface area contributed by atoms with Crippen molar-refractivity contribution < 1.29 is 18.0 Å². The summed E-state index contributed by atoms with van der Waals surface area (Å²) in [6.45, 7) is 0.355. The number of pyridine rings is 1. The van der Waals surface area contributed by atoms with Crippen molar-refractivity contribution in [1.29, 1.82) is 0 Å². The van der Waals surface area contributed by atoms with E-state index in [2.05, 4.69) is 20.4 Å². The molecule has 1 fully saturated rings. The second-order valence-electron chi connectivity index (χ2n) is 6.29. The Morgan fingerprint density at radius 1 is 1.15 bits per heavy atom. The number of hydrogen-bond donors (Lipinski definition) is 1. The van der Waals surface area contributed by atoms with Gasteiger partial charge in [0.1, 0.15) is 11.6 Å². The Bertz CT molecular complexity index is 995. The third-order valence-electron chi connectivity index (χ3n) is 4.36. The van der Waals surface area contributed by atoms with Crippen LogP contribution in [0.2, 0.25) is 0 Å². The largest absolute Gasteiger partial charge is 0.355 e. The van der Waals surface area contributed by atoms with Crippen LogP contribution in [0.15, 0.2) is 36.8 Å². The maximum atomic E-state index is 13.4. The van der Waals surface area contributed by atoms with Crippen molar-refractivity contribution in [1.82, 2.24) is 19.6 Å². The van der Waals surface area contributed by atoms with E-state index in [9.17, 15) is 18.0 Å². The van der Waals surface area contributed by atoms with E-state index in [1.54, 1.807) is 17.0 Å². The van der Waals surface area contributed by atoms with Crippen molar-refractivity contribution in [2.24, 2.45) is 0 Å². The molecule has 10 heteroatoms. The number of amides is 1. The number of carbonyl (C=O) groups is 1. The van der Waals surface area contributed by atoms with Gasteiger partial charge in [-0.15, -0.1) is 5.10 Å². The minimum Gasteiger partial charge on any atom is -0.355 e. The van der Waals surface area contributed by atoms with Crippen LogP contribution in [0.4, 0.5) is 24.7 Å². The normalized spacial score (nSPS) is 16.5. The molecule has 140 valence electrons. The van der Waals surface area contributed by atoms with Crippen molar-refractivity contribution in [2.45, 2.75) is 18.8 Å². The summed E-state index contributed by atoms with van der Waals surface area (Å²) >= 11 is 0. The average Bonchev–Trinajstić information content (AvgIpc) is 3.05. The molecule has 0 bridgehead atoms. The summed E-state index contributed by atoms with van der Waals surface area (Å²) < 4.78 is 41.3. The van der Waals surface area contributed by atoms with Crippen molar-refractivity contribution in [2.75, 3.05) is 23.3 Å². The molecule has 4 rings (SSSR count). The van der Waals surface area contributed by atoms with Crippen LogP contribution < -0.4 is 10.2 Å². The van der Waals surface area contributed by atoms with Gasteiger partial charge in [0.05, 0.1) is 24.3 Å². The van der Waals surface area contributed by atoms with E-state index in [4.69, 9.17) is 0 Å². The fraction of sp³-hybridized carbons (Fsp3) is 0.294. The second kappa shape index (κ2) is 6.53. The van der Waals surface area contributed by atoms with Crippen LogP contribution in [-0.4, -0.2) is 44.5 Å². The third kappa shape index (κ3) is 3.55. The number of alkyl halides is 2. The molecule has 0 unspecified atom stereocenters. The molecule has 0 atom stereocenters. The van der Waals surface area contributed by atoms with Gasteiger partial charge < -0.3 is 10.2 Å². The predicted molar refractivity (Wildman–Crippen MR) is 91.5 cm³/mol. The number of nitrogens with zero attached hydrogens (tertiary/aromatic N) is 5. The molecule has 1 saturated heterocycles. The minimum absolute atomic E-state index is 0.137. The molecular weight excluding hydrogens is 361 g/mol. The Morgan fingerprint density at radius 2 is 1.93 bits per heavy atom. The monoisotopic (exact) mass is 376 g/mol. The zero-order chi connectivity index (χ0) is 19.0. The van der Waals surface area contributed by atoms with Crippen LogP contribution in [0.5, 0.6) is 0 Å². The summed E-state index contributed by atoms with van der Waals surface area (Å²) in [6.07, 6.45) is 3.21. The lowest BCUT2D eigenvalue weighted by molar-refractivity contribution is -0.0221. The summed E-state index contributed by atoms with van der Waals surface area (Å²) in [5.74, 6) is -3.28. The van der Waals surface area contributed by atoms with E-state index in [1.807, 2.05) is 0 Å². The van der Waals surface area contributed by atoms with E-state index in [1.165, 1.54) is 16.9 Å². The SMILES string of the molecule is O=C(Nc1cncc(F)c1)c1cnc2ccc(N3CCC(F)(F)CC3)nn12. The maximum absolute atomic E-state index is 13.4. The molecule has 1 N–H and O–H groups in total. The molecule has 1 aliphatic heterocycles. The lowest BCUT2D eigenvalue weighted by atomic mass is 10.1. The van der Waals surface area contributed by atoms with Crippen LogP contribution in [-0.2, 0) is 0 Å². The van der Waals surface area contributed by atoms with Crippen LogP contribution in [0.25, 0.3) is 5.65 Å². The van der Waals surface area contributed by atoms with E-state index >= 15 is 0 Å². The molecule has 3 aromatic heterocycles. The van der Waals surface area contributed by atoms with Crippen molar-refractivity contribution in [3.63, 3.8) is 0 Å². The first-order valence-electron chi connectivity index (χ1n) is 8.31. The lowest BCUT2D eigenvalue weighted by Gasteiger charge is -2.32. The number of fused-ring (bicyclic) bond motifs is 1. The van der Waals surface area contributed by atoms with Gasteiger partial charge >= 0.3 is 0 Å². The quantitative estimate of drug-likeness (QED) is 0.761. The number of aromatic nitrogens is 4. The van der Waals surface area contributed by atoms with Crippen LogP contribution in [0, 0.1) is 5.82 Å². The van der Waals surface area contributed by atoms with Gasteiger partial charge in [-0.2, -0.15) is 0 Å². The fourth-order valence-corrected chi connectivity index (χ4v) is 2.93. The highest BCUT2D eigenvalue weighted by atomic mass is 19.3. The summed E-state index contributed by atoms with van der Waals surface area (Å²) in [5, 5.41) is 6.90. The topological polar surface area (TPSA) is 75.4 Å². The average molecular weight is 376 g/mol. The number of halogens is 3. The predicted octanol–water partition coefficient (Wildman–Crippen LogP) is 2.75. The van der Waals surface area contributed by atoms with Crippen molar-refractivity contribution in [3.05, 3.63) is 48.3 Å². The van der Waals surface area contributed by atoms with Crippen LogP contribution in [0.3, 0.4) is 0 Å². The molecule has 0 radical (unpaired) electrons. The Hall–Kier alpha value is -3.17. The smallest absolute Gasteiger partial charge is 0.276 e. The standard InChI is InChI=1S/C17H15F3N6O/c18-11-7-12(9-21-8-11)23-16(27)13-10-22-14-1-2-15(24-26(13)14)25-5-3-17(19,20)4-6-25/h1-2,7-10H,3-6H2,(H,23,27). The Labute approximate surface area is 151 Å². The van der Waals surface area contributed by atoms with Crippen LogP contribution >= 0.6 is 0 Å². The first kappa shape index (κ1) is 17.3. The zero-order valence-electron chi connectivity index (χ0n) is 14.1. The molecular formula is C17H15F3N6O. The third-order valence-corrected chi connectivity index (χ3v) is 4.36. The van der Waals surface area contributed by atoms with Gasteiger partial charge in [-0.1, -0.05) is 0 Å². The Balaban J connectivity index is 1.59. The van der Waals surface area contributed by atoms with Gasteiger partial charge in [-0.05, 0) is 12.1 Å². The molecule has 0 saturated carbocycles. The van der Waals surface area contributed by atoms with Gasteiger partial charge in [-0.25, -0.2) is 22.7 Å². The zero-order valence-corrected chi connectivity index (χ0v) is 14.1. The molecule has 3 aromatic rings. The number of anilines is 2. The number of piperidine rings is 1. The first-order chi connectivity index (χ1) is 12.9. The molecule has 1 amide bonds. The molecule has 0 spiro atoms. The Morgan fingerprint density at radius 3 is 2.67 bits per heavy atom. The van der Waals surface area contributed by atoms with E-state index in [0.717, 1.165) is 12.3 Å². The molecule has 1 aliphatic rings.